The number of thioether (sulfide) groups is 1. The van der Waals surface area contributed by atoms with Gasteiger partial charge in [-0.3, -0.25) is 4.79 Å². The molecule has 5 heteroatoms. The number of carbonyl (C=O) groups excluding carboxylic acids is 1. The average Bonchev–Trinajstić information content (AvgIpc) is 3.03. The Labute approximate surface area is 154 Å². The van der Waals surface area contributed by atoms with Crippen LogP contribution in [-0.2, 0) is 11.3 Å². The van der Waals surface area contributed by atoms with Crippen molar-refractivity contribution < 1.29 is 4.79 Å². The van der Waals surface area contributed by atoms with Crippen molar-refractivity contribution in [3.05, 3.63) is 24.3 Å². The maximum absolute atomic E-state index is 12.9. The summed E-state index contributed by atoms with van der Waals surface area (Å²) < 4.78 is 2.22. The highest BCUT2D eigenvalue weighted by Gasteiger charge is 2.35. The molecule has 1 aromatic carbocycles. The van der Waals surface area contributed by atoms with Crippen LogP contribution in [0.1, 0.15) is 45.4 Å². The van der Waals surface area contributed by atoms with Gasteiger partial charge in [0, 0.05) is 19.1 Å². The second-order valence-corrected chi connectivity index (χ2v) is 8.20. The molecular weight excluding hydrogens is 330 g/mol. The van der Waals surface area contributed by atoms with Crippen molar-refractivity contribution in [2.75, 3.05) is 12.3 Å². The van der Waals surface area contributed by atoms with E-state index in [9.17, 15) is 4.79 Å². The number of para-hydroxylation sites is 2. The van der Waals surface area contributed by atoms with Crippen LogP contribution in [0.15, 0.2) is 29.4 Å². The van der Waals surface area contributed by atoms with Gasteiger partial charge in [-0.1, -0.05) is 36.7 Å². The van der Waals surface area contributed by atoms with Crippen molar-refractivity contribution in [1.82, 2.24) is 14.5 Å². The maximum atomic E-state index is 12.9. The lowest BCUT2D eigenvalue weighted by Gasteiger charge is -2.44. The molecule has 2 aromatic rings. The normalized spacial score (nSPS) is 23.6. The van der Waals surface area contributed by atoms with Crippen molar-refractivity contribution in [3.8, 4) is 0 Å². The Hall–Kier alpha value is -1.49. The van der Waals surface area contributed by atoms with Gasteiger partial charge in [0.05, 0.1) is 16.8 Å². The molecule has 1 saturated heterocycles. The minimum atomic E-state index is 0.302. The van der Waals surface area contributed by atoms with Crippen LogP contribution in [0.2, 0.25) is 0 Å². The van der Waals surface area contributed by atoms with Crippen molar-refractivity contribution in [3.63, 3.8) is 0 Å². The third-order valence-corrected chi connectivity index (χ3v) is 6.79. The van der Waals surface area contributed by atoms with Gasteiger partial charge in [0.15, 0.2) is 5.16 Å². The van der Waals surface area contributed by atoms with Gasteiger partial charge in [0.2, 0.25) is 5.91 Å². The van der Waals surface area contributed by atoms with E-state index < -0.39 is 0 Å². The molecule has 134 valence electrons. The van der Waals surface area contributed by atoms with Crippen molar-refractivity contribution in [2.24, 2.45) is 5.92 Å². The van der Waals surface area contributed by atoms with Crippen LogP contribution >= 0.6 is 11.8 Å². The third kappa shape index (κ3) is 3.31. The third-order valence-electron chi connectivity index (χ3n) is 5.82. The number of aromatic nitrogens is 2. The first kappa shape index (κ1) is 17.0. The molecule has 4 rings (SSSR count). The van der Waals surface area contributed by atoms with Crippen LogP contribution in [0.4, 0.5) is 0 Å². The Morgan fingerprint density at radius 1 is 1.20 bits per heavy atom. The summed E-state index contributed by atoms with van der Waals surface area (Å²) in [5.74, 6) is 1.56. The number of imidazole rings is 1. The summed E-state index contributed by atoms with van der Waals surface area (Å²) in [6.07, 6.45) is 7.63. The standard InChI is InChI=1S/C20H27N3OS/c1-2-22-18-12-6-4-10-16(18)21-20(22)25-14-19(24)23-13-7-9-15-8-3-5-11-17(15)23/h4,6,10,12,15,17H,2-3,5,7-9,11,13-14H2,1H3. The zero-order chi connectivity index (χ0) is 17.2. The second kappa shape index (κ2) is 7.40. The van der Waals surface area contributed by atoms with Gasteiger partial charge in [-0.15, -0.1) is 0 Å². The zero-order valence-corrected chi connectivity index (χ0v) is 15.8. The van der Waals surface area contributed by atoms with Gasteiger partial charge < -0.3 is 9.47 Å². The lowest BCUT2D eigenvalue weighted by atomic mass is 9.78. The molecule has 2 unspecified atom stereocenters. The first-order chi connectivity index (χ1) is 12.3. The van der Waals surface area contributed by atoms with Crippen molar-refractivity contribution >= 4 is 28.7 Å². The molecule has 0 N–H and O–H groups in total. The first-order valence-electron chi connectivity index (χ1n) is 9.65. The van der Waals surface area contributed by atoms with E-state index in [1.807, 2.05) is 18.2 Å². The summed E-state index contributed by atoms with van der Waals surface area (Å²) in [6, 6.07) is 8.72. The molecule has 1 amide bonds. The summed E-state index contributed by atoms with van der Waals surface area (Å²) in [7, 11) is 0. The van der Waals surface area contributed by atoms with E-state index in [0.29, 0.717) is 17.7 Å². The van der Waals surface area contributed by atoms with E-state index in [2.05, 4.69) is 22.5 Å². The number of fused-ring (bicyclic) bond motifs is 2. The second-order valence-electron chi connectivity index (χ2n) is 7.26. The number of hydrogen-bond acceptors (Lipinski definition) is 3. The van der Waals surface area contributed by atoms with E-state index in [1.54, 1.807) is 11.8 Å². The Morgan fingerprint density at radius 3 is 2.88 bits per heavy atom. The molecule has 2 fully saturated rings. The molecule has 0 radical (unpaired) electrons. The largest absolute Gasteiger partial charge is 0.339 e. The maximum Gasteiger partial charge on any atom is 0.233 e. The molecule has 1 saturated carbocycles. The fourth-order valence-electron chi connectivity index (χ4n) is 4.61. The topological polar surface area (TPSA) is 38.1 Å². The highest BCUT2D eigenvalue weighted by Crippen LogP contribution is 2.35. The average molecular weight is 358 g/mol. The summed E-state index contributed by atoms with van der Waals surface area (Å²) in [5.41, 5.74) is 2.18. The summed E-state index contributed by atoms with van der Waals surface area (Å²) in [5, 5.41) is 0.967. The van der Waals surface area contributed by atoms with Gasteiger partial charge in [-0.05, 0) is 50.7 Å². The predicted octanol–water partition coefficient (Wildman–Crippen LogP) is 4.33. The molecule has 1 aliphatic carbocycles. The smallest absolute Gasteiger partial charge is 0.233 e. The molecular formula is C20H27N3OS. The highest BCUT2D eigenvalue weighted by molar-refractivity contribution is 7.99. The molecule has 4 nitrogen and oxygen atoms in total. The van der Waals surface area contributed by atoms with Crippen molar-refractivity contribution in [2.45, 2.75) is 63.2 Å². The zero-order valence-electron chi connectivity index (χ0n) is 15.0. The molecule has 1 aliphatic heterocycles. The Bertz CT molecular complexity index is 754. The number of nitrogens with zero attached hydrogens (tertiary/aromatic N) is 3. The van der Waals surface area contributed by atoms with Crippen LogP contribution in [0.25, 0.3) is 11.0 Å². The number of benzene rings is 1. The van der Waals surface area contributed by atoms with Crippen LogP contribution < -0.4 is 0 Å². The van der Waals surface area contributed by atoms with Crippen LogP contribution in [-0.4, -0.2) is 38.7 Å². The monoisotopic (exact) mass is 357 g/mol. The molecule has 25 heavy (non-hydrogen) atoms. The van der Waals surface area contributed by atoms with E-state index in [0.717, 1.165) is 35.2 Å². The van der Waals surface area contributed by atoms with Gasteiger partial charge in [0.1, 0.15) is 0 Å². The fourth-order valence-corrected chi connectivity index (χ4v) is 5.58. The number of likely N-dealkylation sites (tertiary alicyclic amines) is 1. The SMILES string of the molecule is CCn1c(SCC(=O)N2CCCC3CCCCC32)nc2ccccc21. The van der Waals surface area contributed by atoms with Gasteiger partial charge >= 0.3 is 0 Å². The van der Waals surface area contributed by atoms with E-state index >= 15 is 0 Å². The summed E-state index contributed by atoms with van der Waals surface area (Å²) >= 11 is 1.60. The number of carbonyl (C=O) groups is 1. The lowest BCUT2D eigenvalue weighted by molar-refractivity contribution is -0.134. The Morgan fingerprint density at radius 2 is 2.00 bits per heavy atom. The first-order valence-corrected chi connectivity index (χ1v) is 10.6. The molecule has 2 aliphatic rings. The molecule has 0 spiro atoms. The number of rotatable bonds is 4. The minimum Gasteiger partial charge on any atom is -0.339 e. The van der Waals surface area contributed by atoms with Gasteiger partial charge in [0.25, 0.3) is 0 Å². The quantitative estimate of drug-likeness (QED) is 0.765. The molecule has 1 aromatic heterocycles. The van der Waals surface area contributed by atoms with E-state index in [1.165, 1.54) is 38.5 Å². The van der Waals surface area contributed by atoms with Gasteiger partial charge in [-0.25, -0.2) is 4.98 Å². The van der Waals surface area contributed by atoms with Crippen LogP contribution in [0, 0.1) is 5.92 Å². The van der Waals surface area contributed by atoms with E-state index in [-0.39, 0.29) is 0 Å². The number of amides is 1. The molecule has 2 heterocycles. The number of piperidine rings is 1. The lowest BCUT2D eigenvalue weighted by Crippen LogP contribution is -2.50. The molecule has 2 atom stereocenters. The van der Waals surface area contributed by atoms with Crippen molar-refractivity contribution in [1.29, 1.82) is 0 Å². The molecule has 0 bridgehead atoms. The number of hydrogen-bond donors (Lipinski definition) is 0. The van der Waals surface area contributed by atoms with Crippen LogP contribution in [0.5, 0.6) is 0 Å². The highest BCUT2D eigenvalue weighted by atomic mass is 32.2. The summed E-state index contributed by atoms with van der Waals surface area (Å²) in [4.78, 5) is 19.8. The van der Waals surface area contributed by atoms with Gasteiger partial charge in [-0.2, -0.15) is 0 Å². The van der Waals surface area contributed by atoms with Crippen LogP contribution in [0.3, 0.4) is 0 Å². The summed E-state index contributed by atoms with van der Waals surface area (Å²) in [6.45, 7) is 3.97. The van der Waals surface area contributed by atoms with E-state index in [4.69, 9.17) is 4.98 Å². The minimum absolute atomic E-state index is 0.302. The Kier molecular flexibility index (Phi) is 5.02. The Balaban J connectivity index is 1.46. The number of aryl methyl sites for hydroxylation is 1. The predicted molar refractivity (Wildman–Crippen MR) is 103 cm³/mol. The fraction of sp³-hybridized carbons (Fsp3) is 0.600.